The topological polar surface area (TPSA) is 73.9 Å². The number of benzene rings is 1. The Hall–Kier alpha value is -2.50. The number of carbonyl (C=O) groups excluding carboxylic acids is 2. The first-order valence-electron chi connectivity index (χ1n) is 7.83. The molecule has 0 saturated heterocycles. The molecule has 0 fully saturated rings. The third-order valence-electron chi connectivity index (χ3n) is 3.06. The molecule has 0 radical (unpaired) electrons. The van der Waals surface area contributed by atoms with Crippen molar-refractivity contribution in [3.8, 4) is 11.5 Å². The van der Waals surface area contributed by atoms with E-state index >= 15 is 0 Å². The molecule has 6 heteroatoms. The average Bonchev–Trinajstić information content (AvgIpc) is 2.56. The lowest BCUT2D eigenvalue weighted by atomic mass is 10.2. The van der Waals surface area contributed by atoms with E-state index < -0.39 is 0 Å². The largest absolute Gasteiger partial charge is 0.493 e. The van der Waals surface area contributed by atoms with Crippen molar-refractivity contribution < 1.29 is 23.8 Å². The normalized spacial score (nSPS) is 10.7. The van der Waals surface area contributed by atoms with Gasteiger partial charge in [-0.3, -0.25) is 9.59 Å². The van der Waals surface area contributed by atoms with Crippen molar-refractivity contribution in [2.24, 2.45) is 0 Å². The monoisotopic (exact) mass is 335 g/mol. The van der Waals surface area contributed by atoms with Crippen LogP contribution in [0.25, 0.3) is 6.08 Å². The Bertz CT molecular complexity index is 581. The van der Waals surface area contributed by atoms with Crippen LogP contribution in [-0.4, -0.2) is 38.7 Å². The molecule has 1 aromatic carbocycles. The number of methoxy groups -OCH3 is 2. The van der Waals surface area contributed by atoms with Crippen molar-refractivity contribution in [1.29, 1.82) is 0 Å². The third-order valence-corrected chi connectivity index (χ3v) is 3.06. The van der Waals surface area contributed by atoms with E-state index in [2.05, 4.69) is 10.1 Å². The fourth-order valence-electron chi connectivity index (χ4n) is 1.92. The molecule has 1 amide bonds. The minimum absolute atomic E-state index is 0.0519. The van der Waals surface area contributed by atoms with Gasteiger partial charge in [0.05, 0.1) is 20.3 Å². The van der Waals surface area contributed by atoms with Gasteiger partial charge in [-0.2, -0.15) is 0 Å². The molecule has 1 rings (SSSR count). The fourth-order valence-corrected chi connectivity index (χ4v) is 1.92. The first-order valence-corrected chi connectivity index (χ1v) is 7.83. The third kappa shape index (κ3) is 7.17. The van der Waals surface area contributed by atoms with Crippen molar-refractivity contribution in [3.05, 3.63) is 29.8 Å². The summed E-state index contributed by atoms with van der Waals surface area (Å²) in [6, 6.07) is 5.47. The molecular formula is C18H25NO5. The van der Waals surface area contributed by atoms with Crippen molar-refractivity contribution in [1.82, 2.24) is 5.32 Å². The second kappa shape index (κ2) is 10.3. The molecule has 1 N–H and O–H groups in total. The van der Waals surface area contributed by atoms with Crippen LogP contribution in [0.1, 0.15) is 32.3 Å². The second-order valence-corrected chi connectivity index (χ2v) is 5.38. The first kappa shape index (κ1) is 19.5. The summed E-state index contributed by atoms with van der Waals surface area (Å²) in [5.74, 6) is 0.776. The van der Waals surface area contributed by atoms with Gasteiger partial charge < -0.3 is 19.5 Å². The molecular weight excluding hydrogens is 310 g/mol. The summed E-state index contributed by atoms with van der Waals surface area (Å²) < 4.78 is 15.5. The number of nitrogens with one attached hydrogen (secondary N) is 1. The van der Waals surface area contributed by atoms with Gasteiger partial charge in [0.1, 0.15) is 0 Å². The standard InChI is InChI=1S/C18H25NO5/c1-13(2)24-15-9-7-14(12-16(15)22-3)8-10-17(20)19-11-5-6-18(21)23-4/h7-10,12-13H,5-6,11H2,1-4H3,(H,19,20)/b10-8+. The van der Waals surface area contributed by atoms with E-state index in [1.54, 1.807) is 19.3 Å². The van der Waals surface area contributed by atoms with Crippen LogP contribution in [0.3, 0.4) is 0 Å². The maximum atomic E-state index is 11.7. The van der Waals surface area contributed by atoms with Gasteiger partial charge in [0, 0.05) is 19.0 Å². The molecule has 0 bridgehead atoms. The first-order chi connectivity index (χ1) is 11.5. The lowest BCUT2D eigenvalue weighted by molar-refractivity contribution is -0.140. The number of esters is 1. The van der Waals surface area contributed by atoms with Crippen LogP contribution in [0.15, 0.2) is 24.3 Å². The molecule has 0 saturated carbocycles. The van der Waals surface area contributed by atoms with Gasteiger partial charge in [-0.25, -0.2) is 0 Å². The average molecular weight is 335 g/mol. The van der Waals surface area contributed by atoms with Gasteiger partial charge >= 0.3 is 5.97 Å². The Balaban J connectivity index is 2.54. The highest BCUT2D eigenvalue weighted by molar-refractivity contribution is 5.91. The highest BCUT2D eigenvalue weighted by Crippen LogP contribution is 2.29. The Morgan fingerprint density at radius 3 is 2.58 bits per heavy atom. The van der Waals surface area contributed by atoms with Crippen molar-refractivity contribution in [3.63, 3.8) is 0 Å². The molecule has 0 aliphatic rings. The fraction of sp³-hybridized carbons (Fsp3) is 0.444. The van der Waals surface area contributed by atoms with Gasteiger partial charge in [0.2, 0.25) is 5.91 Å². The molecule has 0 aliphatic heterocycles. The Morgan fingerprint density at radius 2 is 1.96 bits per heavy atom. The highest BCUT2D eigenvalue weighted by atomic mass is 16.5. The number of rotatable bonds is 9. The van der Waals surface area contributed by atoms with E-state index in [0.717, 1.165) is 5.56 Å². The Morgan fingerprint density at radius 1 is 1.21 bits per heavy atom. The number of hydrogen-bond acceptors (Lipinski definition) is 5. The maximum Gasteiger partial charge on any atom is 0.305 e. The van der Waals surface area contributed by atoms with Gasteiger partial charge in [-0.15, -0.1) is 0 Å². The summed E-state index contributed by atoms with van der Waals surface area (Å²) in [6.07, 6.45) is 4.01. The second-order valence-electron chi connectivity index (χ2n) is 5.38. The van der Waals surface area contributed by atoms with Gasteiger partial charge in [-0.05, 0) is 44.0 Å². The lowest BCUT2D eigenvalue weighted by Crippen LogP contribution is -2.22. The van der Waals surface area contributed by atoms with Crippen LogP contribution < -0.4 is 14.8 Å². The predicted octanol–water partition coefficient (Wildman–Crippen LogP) is 2.57. The summed E-state index contributed by atoms with van der Waals surface area (Å²) in [5.41, 5.74) is 0.827. The molecule has 24 heavy (non-hydrogen) atoms. The van der Waals surface area contributed by atoms with Crippen LogP contribution in [0.2, 0.25) is 0 Å². The van der Waals surface area contributed by atoms with E-state index in [1.165, 1.54) is 13.2 Å². The molecule has 132 valence electrons. The summed E-state index contributed by atoms with van der Waals surface area (Å²) in [5, 5.41) is 2.71. The molecule has 6 nitrogen and oxygen atoms in total. The smallest absolute Gasteiger partial charge is 0.305 e. The lowest BCUT2D eigenvalue weighted by Gasteiger charge is -2.13. The molecule has 0 unspecified atom stereocenters. The van der Waals surface area contributed by atoms with Gasteiger partial charge in [0.15, 0.2) is 11.5 Å². The number of ether oxygens (including phenoxy) is 3. The van der Waals surface area contributed by atoms with E-state index in [0.29, 0.717) is 24.5 Å². The Labute approximate surface area is 142 Å². The molecule has 0 aliphatic carbocycles. The zero-order chi connectivity index (χ0) is 17.9. The number of carbonyl (C=O) groups is 2. The van der Waals surface area contributed by atoms with E-state index in [4.69, 9.17) is 9.47 Å². The van der Waals surface area contributed by atoms with Crippen LogP contribution in [0.4, 0.5) is 0 Å². The molecule has 0 aromatic heterocycles. The van der Waals surface area contributed by atoms with Gasteiger partial charge in [0.25, 0.3) is 0 Å². The minimum atomic E-state index is -0.282. The van der Waals surface area contributed by atoms with Crippen LogP contribution in [0, 0.1) is 0 Å². The van der Waals surface area contributed by atoms with E-state index in [-0.39, 0.29) is 24.4 Å². The minimum Gasteiger partial charge on any atom is -0.493 e. The van der Waals surface area contributed by atoms with Gasteiger partial charge in [-0.1, -0.05) is 6.07 Å². The Kier molecular flexibility index (Phi) is 8.39. The van der Waals surface area contributed by atoms with Crippen molar-refractivity contribution >= 4 is 18.0 Å². The van der Waals surface area contributed by atoms with Crippen LogP contribution in [-0.2, 0) is 14.3 Å². The summed E-state index contributed by atoms with van der Waals surface area (Å²) in [7, 11) is 2.92. The summed E-state index contributed by atoms with van der Waals surface area (Å²) in [4.78, 5) is 22.7. The highest BCUT2D eigenvalue weighted by Gasteiger charge is 2.06. The van der Waals surface area contributed by atoms with Crippen molar-refractivity contribution in [2.45, 2.75) is 32.8 Å². The molecule has 0 spiro atoms. The van der Waals surface area contributed by atoms with Crippen LogP contribution in [0.5, 0.6) is 11.5 Å². The molecule has 1 aromatic rings. The molecule has 0 heterocycles. The summed E-state index contributed by atoms with van der Waals surface area (Å²) >= 11 is 0. The summed E-state index contributed by atoms with van der Waals surface area (Å²) in [6.45, 7) is 4.30. The van der Waals surface area contributed by atoms with Crippen LogP contribution >= 0.6 is 0 Å². The number of hydrogen-bond donors (Lipinski definition) is 1. The van der Waals surface area contributed by atoms with E-state index in [1.807, 2.05) is 26.0 Å². The maximum absolute atomic E-state index is 11.7. The number of amides is 1. The quantitative estimate of drug-likeness (QED) is 0.426. The predicted molar refractivity (Wildman–Crippen MR) is 92.1 cm³/mol. The zero-order valence-corrected chi connectivity index (χ0v) is 14.6. The SMILES string of the molecule is COC(=O)CCCNC(=O)/C=C/c1ccc(OC(C)C)c(OC)c1. The van der Waals surface area contributed by atoms with E-state index in [9.17, 15) is 9.59 Å². The zero-order valence-electron chi connectivity index (χ0n) is 14.6. The molecule has 0 atom stereocenters. The van der Waals surface area contributed by atoms with Crippen molar-refractivity contribution in [2.75, 3.05) is 20.8 Å².